The highest BCUT2D eigenvalue weighted by molar-refractivity contribution is 9.10. The summed E-state index contributed by atoms with van der Waals surface area (Å²) >= 11 is 4.48. The predicted octanol–water partition coefficient (Wildman–Crippen LogP) is 4.69. The number of nitrogens with one attached hydrogen (secondary N) is 1. The molecule has 2 rings (SSSR count). The minimum Gasteiger partial charge on any atom is -0.490 e. The van der Waals surface area contributed by atoms with E-state index in [1.165, 1.54) is 17.8 Å². The van der Waals surface area contributed by atoms with Crippen molar-refractivity contribution in [2.75, 3.05) is 17.7 Å². The third-order valence-corrected chi connectivity index (χ3v) is 5.48. The second kappa shape index (κ2) is 10.9. The molecule has 0 fully saturated rings. The number of benzene rings is 2. The smallest absolute Gasteiger partial charge is 0.324 e. The molecule has 2 aromatic carbocycles. The summed E-state index contributed by atoms with van der Waals surface area (Å²) < 4.78 is 11.4. The molecule has 0 aliphatic carbocycles. The Kier molecular flexibility index (Phi) is 8.55. The zero-order valence-corrected chi connectivity index (χ0v) is 18.7. The zero-order chi connectivity index (χ0) is 21.4. The van der Waals surface area contributed by atoms with Crippen LogP contribution in [0.4, 0.5) is 5.69 Å². The van der Waals surface area contributed by atoms with Crippen molar-refractivity contribution in [1.82, 2.24) is 0 Å². The number of carbonyl (C=O) groups is 2. The van der Waals surface area contributed by atoms with Gasteiger partial charge in [-0.3, -0.25) is 9.59 Å². The summed E-state index contributed by atoms with van der Waals surface area (Å²) in [5.74, 6) is -0.0807. The van der Waals surface area contributed by atoms with E-state index in [0.717, 1.165) is 5.56 Å². The third kappa shape index (κ3) is 6.80. The van der Waals surface area contributed by atoms with Gasteiger partial charge in [0.2, 0.25) is 5.91 Å². The highest BCUT2D eigenvalue weighted by atomic mass is 79.9. The summed E-state index contributed by atoms with van der Waals surface area (Å²) in [5.41, 5.74) is 2.20. The Bertz CT molecular complexity index is 926. The predicted molar refractivity (Wildman–Crippen MR) is 117 cm³/mol. The van der Waals surface area contributed by atoms with Crippen molar-refractivity contribution in [3.8, 4) is 17.6 Å². The minimum atomic E-state index is -0.573. The number of anilines is 1. The largest absolute Gasteiger partial charge is 0.490 e. The number of halogens is 1. The van der Waals surface area contributed by atoms with E-state index >= 15 is 0 Å². The molecule has 0 bridgehead atoms. The molecular formula is C21H21BrN2O4S. The quantitative estimate of drug-likeness (QED) is 0.438. The van der Waals surface area contributed by atoms with Crippen molar-refractivity contribution in [2.45, 2.75) is 26.0 Å². The third-order valence-electron chi connectivity index (χ3n) is 3.77. The van der Waals surface area contributed by atoms with Gasteiger partial charge in [0.1, 0.15) is 5.25 Å². The molecule has 6 nitrogen and oxygen atoms in total. The van der Waals surface area contributed by atoms with Crippen LogP contribution in [0.25, 0.3) is 0 Å². The molecule has 0 aliphatic heterocycles. The van der Waals surface area contributed by atoms with Gasteiger partial charge in [-0.05, 0) is 54.9 Å². The van der Waals surface area contributed by atoms with Gasteiger partial charge in [-0.15, -0.1) is 11.8 Å². The number of carbonyl (C=O) groups excluding carboxylic acids is 2. The Labute approximate surface area is 182 Å². The lowest BCUT2D eigenvalue weighted by atomic mass is 10.2. The molecule has 0 spiro atoms. The average molecular weight is 477 g/mol. The monoisotopic (exact) mass is 476 g/mol. The lowest BCUT2D eigenvalue weighted by Crippen LogP contribution is -2.23. The lowest BCUT2D eigenvalue weighted by molar-refractivity contribution is -0.133. The van der Waals surface area contributed by atoms with E-state index in [0.29, 0.717) is 28.1 Å². The first-order valence-corrected chi connectivity index (χ1v) is 10.7. The van der Waals surface area contributed by atoms with E-state index in [4.69, 9.17) is 14.7 Å². The molecule has 1 N–H and O–H groups in total. The van der Waals surface area contributed by atoms with Crippen LogP contribution >= 0.6 is 27.7 Å². The van der Waals surface area contributed by atoms with Crippen LogP contribution in [0.3, 0.4) is 0 Å². The molecule has 0 aromatic heterocycles. The Morgan fingerprint density at radius 2 is 1.97 bits per heavy atom. The first kappa shape index (κ1) is 22.8. The van der Waals surface area contributed by atoms with Crippen molar-refractivity contribution in [3.05, 3.63) is 52.0 Å². The molecule has 8 heteroatoms. The number of ether oxygens (including phenoxy) is 2. The van der Waals surface area contributed by atoms with E-state index in [1.807, 2.05) is 37.3 Å². The summed E-state index contributed by atoms with van der Waals surface area (Å²) in [4.78, 5) is 24.6. The van der Waals surface area contributed by atoms with Crippen LogP contribution in [-0.2, 0) is 9.59 Å². The number of amides is 1. The highest BCUT2D eigenvalue weighted by Gasteiger charge is 2.22. The molecule has 0 saturated heterocycles. The van der Waals surface area contributed by atoms with Crippen LogP contribution in [0.1, 0.15) is 25.0 Å². The van der Waals surface area contributed by atoms with Crippen LogP contribution < -0.4 is 14.8 Å². The van der Waals surface area contributed by atoms with Gasteiger partial charge in [0.15, 0.2) is 11.5 Å². The molecule has 152 valence electrons. The van der Waals surface area contributed by atoms with Crippen molar-refractivity contribution in [2.24, 2.45) is 0 Å². The Morgan fingerprint density at radius 3 is 2.59 bits per heavy atom. The van der Waals surface area contributed by atoms with Crippen LogP contribution in [-0.4, -0.2) is 29.5 Å². The van der Waals surface area contributed by atoms with Gasteiger partial charge in [-0.2, -0.15) is 5.26 Å². The van der Waals surface area contributed by atoms with Gasteiger partial charge in [0.05, 0.1) is 28.5 Å². The van der Waals surface area contributed by atoms with Crippen molar-refractivity contribution >= 4 is 45.3 Å². The van der Waals surface area contributed by atoms with Crippen molar-refractivity contribution in [1.29, 1.82) is 5.26 Å². The molecule has 2 aromatic rings. The molecule has 1 amide bonds. The summed E-state index contributed by atoms with van der Waals surface area (Å²) in [6, 6.07) is 12.6. The fourth-order valence-electron chi connectivity index (χ4n) is 2.28. The Morgan fingerprint density at radius 1 is 1.28 bits per heavy atom. The van der Waals surface area contributed by atoms with E-state index in [2.05, 4.69) is 21.2 Å². The standard InChI is InChI=1S/C21H21BrN2O4S/c1-4-27-18-10-15(11-23)9-17(22)20(18)28-21(26)14(3)29-12-19(25)24-16-7-5-13(2)6-8-16/h5-10,14H,4,12H2,1-3H3,(H,24,25). The number of esters is 1. The summed E-state index contributed by atoms with van der Waals surface area (Å²) in [5, 5.41) is 11.3. The minimum absolute atomic E-state index is 0.108. The second-order valence-corrected chi connectivity index (χ2v) is 8.30. The van der Waals surface area contributed by atoms with Crippen LogP contribution in [0.15, 0.2) is 40.9 Å². The van der Waals surface area contributed by atoms with Crippen LogP contribution in [0, 0.1) is 18.3 Å². The summed E-state index contributed by atoms with van der Waals surface area (Å²) in [7, 11) is 0. The van der Waals surface area contributed by atoms with Gasteiger partial charge in [-0.25, -0.2) is 0 Å². The van der Waals surface area contributed by atoms with Gasteiger partial charge in [-0.1, -0.05) is 17.7 Å². The number of rotatable bonds is 8. The van der Waals surface area contributed by atoms with E-state index < -0.39 is 11.2 Å². The molecule has 0 heterocycles. The van der Waals surface area contributed by atoms with Crippen LogP contribution in [0.5, 0.6) is 11.5 Å². The topological polar surface area (TPSA) is 88.4 Å². The second-order valence-electron chi connectivity index (χ2n) is 6.12. The van der Waals surface area contributed by atoms with Gasteiger partial charge in [0.25, 0.3) is 0 Å². The summed E-state index contributed by atoms with van der Waals surface area (Å²) in [6.07, 6.45) is 0. The zero-order valence-electron chi connectivity index (χ0n) is 16.3. The molecule has 0 aliphatic rings. The maximum atomic E-state index is 12.5. The van der Waals surface area contributed by atoms with Gasteiger partial charge < -0.3 is 14.8 Å². The highest BCUT2D eigenvalue weighted by Crippen LogP contribution is 2.37. The molecular weight excluding hydrogens is 456 g/mol. The fourth-order valence-corrected chi connectivity index (χ4v) is 3.46. The maximum absolute atomic E-state index is 12.5. The molecule has 1 unspecified atom stereocenters. The normalized spacial score (nSPS) is 11.3. The lowest BCUT2D eigenvalue weighted by Gasteiger charge is -2.15. The van der Waals surface area contributed by atoms with Crippen molar-refractivity contribution < 1.29 is 19.1 Å². The molecule has 0 radical (unpaired) electrons. The van der Waals surface area contributed by atoms with E-state index in [1.54, 1.807) is 19.9 Å². The van der Waals surface area contributed by atoms with Crippen LogP contribution in [0.2, 0.25) is 0 Å². The number of nitrogens with zero attached hydrogens (tertiary/aromatic N) is 1. The number of hydrogen-bond donors (Lipinski definition) is 1. The number of nitriles is 1. The fraction of sp³-hybridized carbons (Fsp3) is 0.286. The number of aryl methyl sites for hydroxylation is 1. The van der Waals surface area contributed by atoms with E-state index in [9.17, 15) is 9.59 Å². The van der Waals surface area contributed by atoms with Crippen molar-refractivity contribution in [3.63, 3.8) is 0 Å². The molecule has 1 atom stereocenters. The Balaban J connectivity index is 1.96. The first-order chi connectivity index (χ1) is 13.8. The Hall–Kier alpha value is -2.50. The molecule has 29 heavy (non-hydrogen) atoms. The maximum Gasteiger partial charge on any atom is 0.324 e. The van der Waals surface area contributed by atoms with Gasteiger partial charge in [0, 0.05) is 11.8 Å². The average Bonchev–Trinajstić information content (AvgIpc) is 2.70. The number of hydrogen-bond acceptors (Lipinski definition) is 6. The SMILES string of the molecule is CCOc1cc(C#N)cc(Br)c1OC(=O)C(C)SCC(=O)Nc1ccc(C)cc1. The van der Waals surface area contributed by atoms with E-state index in [-0.39, 0.29) is 17.4 Å². The van der Waals surface area contributed by atoms with Gasteiger partial charge >= 0.3 is 5.97 Å². The summed E-state index contributed by atoms with van der Waals surface area (Å²) in [6.45, 7) is 5.79. The molecule has 0 saturated carbocycles. The first-order valence-electron chi connectivity index (χ1n) is 8.90. The number of thioether (sulfide) groups is 1.